The molecular formula is C14H19F2NOS. The van der Waals surface area contributed by atoms with Crippen LogP contribution in [0.2, 0.25) is 0 Å². The molecule has 1 unspecified atom stereocenters. The lowest BCUT2D eigenvalue weighted by atomic mass is 10.0. The molecule has 0 saturated heterocycles. The van der Waals surface area contributed by atoms with Gasteiger partial charge in [-0.25, -0.2) is 8.78 Å². The molecule has 0 bridgehead atoms. The van der Waals surface area contributed by atoms with Crippen LogP contribution in [-0.2, 0) is 11.4 Å². The van der Waals surface area contributed by atoms with Crippen molar-refractivity contribution in [2.45, 2.75) is 39.4 Å². The number of halogens is 2. The molecule has 1 aromatic carbocycles. The molecule has 106 valence electrons. The minimum Gasteiger partial charge on any atom is -0.591 e. The van der Waals surface area contributed by atoms with Crippen molar-refractivity contribution in [3.8, 4) is 0 Å². The SMILES string of the molecule is CC(C)C(=N[S+]([O-])C(C)(C)C)c1cc(F)cc(F)c1. The molecule has 1 atom stereocenters. The van der Waals surface area contributed by atoms with Gasteiger partial charge >= 0.3 is 0 Å². The maximum Gasteiger partial charge on any atom is 0.144 e. The highest BCUT2D eigenvalue weighted by atomic mass is 32.2. The van der Waals surface area contributed by atoms with Crippen LogP contribution in [0, 0.1) is 17.6 Å². The quantitative estimate of drug-likeness (QED) is 0.614. The summed E-state index contributed by atoms with van der Waals surface area (Å²) in [6, 6.07) is 3.23. The largest absolute Gasteiger partial charge is 0.591 e. The zero-order valence-electron chi connectivity index (χ0n) is 11.8. The van der Waals surface area contributed by atoms with Gasteiger partial charge in [0.25, 0.3) is 0 Å². The first-order valence-corrected chi connectivity index (χ1v) is 7.19. The molecule has 0 aliphatic carbocycles. The third-order valence-electron chi connectivity index (χ3n) is 2.41. The standard InChI is InChI=1S/C14H19F2NOS/c1-9(2)13(17-19(18)14(3,4)5)10-6-11(15)8-12(16)7-10/h6-9H,1-5H3. The highest BCUT2D eigenvalue weighted by Crippen LogP contribution is 2.21. The second-order valence-electron chi connectivity index (χ2n) is 5.65. The highest BCUT2D eigenvalue weighted by molar-refractivity contribution is 7.91. The van der Waals surface area contributed by atoms with Gasteiger partial charge in [-0.2, -0.15) is 0 Å². The fourth-order valence-corrected chi connectivity index (χ4v) is 2.19. The molecule has 0 aromatic heterocycles. The van der Waals surface area contributed by atoms with E-state index >= 15 is 0 Å². The lowest BCUT2D eigenvalue weighted by Gasteiger charge is -2.20. The summed E-state index contributed by atoms with van der Waals surface area (Å²) >= 11 is -1.46. The van der Waals surface area contributed by atoms with Gasteiger partial charge in [0.05, 0.1) is 0 Å². The molecule has 1 rings (SSSR count). The maximum atomic E-state index is 13.3. The predicted molar refractivity (Wildman–Crippen MR) is 75.6 cm³/mol. The van der Waals surface area contributed by atoms with Gasteiger partial charge in [-0.3, -0.25) is 0 Å². The van der Waals surface area contributed by atoms with Gasteiger partial charge in [0.15, 0.2) is 0 Å². The Morgan fingerprint density at radius 3 is 2.00 bits per heavy atom. The monoisotopic (exact) mass is 287 g/mol. The Hall–Kier alpha value is -0.940. The topological polar surface area (TPSA) is 35.4 Å². The summed E-state index contributed by atoms with van der Waals surface area (Å²) in [4.78, 5) is 0. The second-order valence-corrected chi connectivity index (χ2v) is 7.56. The Bertz CT molecular complexity index is 461. The molecule has 0 aliphatic rings. The van der Waals surface area contributed by atoms with E-state index in [0.717, 1.165) is 6.07 Å². The van der Waals surface area contributed by atoms with Crippen molar-refractivity contribution in [1.82, 2.24) is 0 Å². The van der Waals surface area contributed by atoms with E-state index in [2.05, 4.69) is 4.40 Å². The molecule has 0 fully saturated rings. The number of rotatable bonds is 3. The molecule has 5 heteroatoms. The van der Waals surface area contributed by atoms with Crippen molar-refractivity contribution in [3.05, 3.63) is 35.4 Å². The van der Waals surface area contributed by atoms with E-state index < -0.39 is 27.7 Å². The Morgan fingerprint density at radius 2 is 1.63 bits per heavy atom. The summed E-state index contributed by atoms with van der Waals surface area (Å²) in [5.41, 5.74) is 0.789. The Morgan fingerprint density at radius 1 is 1.16 bits per heavy atom. The van der Waals surface area contributed by atoms with E-state index in [1.54, 1.807) is 20.8 Å². The van der Waals surface area contributed by atoms with Crippen LogP contribution in [0.25, 0.3) is 0 Å². The molecule has 0 radical (unpaired) electrons. The number of hydrogen-bond donors (Lipinski definition) is 0. The van der Waals surface area contributed by atoms with Gasteiger partial charge in [0.1, 0.15) is 33.5 Å². The van der Waals surface area contributed by atoms with Crippen molar-refractivity contribution in [3.63, 3.8) is 0 Å². The summed E-state index contributed by atoms with van der Waals surface area (Å²) in [5.74, 6) is -1.40. The molecule has 0 amide bonds. The van der Waals surface area contributed by atoms with Crippen LogP contribution in [-0.4, -0.2) is 15.0 Å². The molecule has 0 N–H and O–H groups in total. The third-order valence-corrected chi connectivity index (χ3v) is 3.82. The van der Waals surface area contributed by atoms with Crippen LogP contribution in [0.1, 0.15) is 40.2 Å². The number of nitrogens with zero attached hydrogens (tertiary/aromatic N) is 1. The van der Waals surface area contributed by atoms with E-state index in [1.165, 1.54) is 12.1 Å². The van der Waals surface area contributed by atoms with Crippen molar-refractivity contribution in [2.75, 3.05) is 0 Å². The van der Waals surface area contributed by atoms with Crippen LogP contribution in [0.3, 0.4) is 0 Å². The summed E-state index contributed by atoms with van der Waals surface area (Å²) < 4.78 is 42.2. The lowest BCUT2D eigenvalue weighted by Crippen LogP contribution is -2.28. The first-order chi connectivity index (χ1) is 8.61. The molecule has 19 heavy (non-hydrogen) atoms. The minimum atomic E-state index is -1.46. The number of hydrogen-bond acceptors (Lipinski definition) is 2. The van der Waals surface area contributed by atoms with E-state index in [0.29, 0.717) is 11.3 Å². The second kappa shape index (κ2) is 6.01. The predicted octanol–water partition coefficient (Wildman–Crippen LogP) is 3.87. The van der Waals surface area contributed by atoms with Gasteiger partial charge in [0.2, 0.25) is 0 Å². The fourth-order valence-electron chi connectivity index (χ4n) is 1.42. The zero-order chi connectivity index (χ0) is 14.8. The lowest BCUT2D eigenvalue weighted by molar-refractivity contribution is 0.561. The fraction of sp³-hybridized carbons (Fsp3) is 0.500. The van der Waals surface area contributed by atoms with E-state index in [-0.39, 0.29) is 5.92 Å². The average Bonchev–Trinajstić information content (AvgIpc) is 2.21. The van der Waals surface area contributed by atoms with Gasteiger partial charge in [-0.1, -0.05) is 18.2 Å². The molecule has 0 aliphatic heterocycles. The first kappa shape index (κ1) is 16.1. The van der Waals surface area contributed by atoms with Crippen molar-refractivity contribution in [1.29, 1.82) is 0 Å². The number of benzene rings is 1. The molecule has 0 heterocycles. The summed E-state index contributed by atoms with van der Waals surface area (Å²) in [5, 5.41) is 0. The van der Waals surface area contributed by atoms with Gasteiger partial charge in [-0.05, 0) is 32.9 Å². The van der Waals surface area contributed by atoms with Crippen LogP contribution >= 0.6 is 0 Å². The summed E-state index contributed by atoms with van der Waals surface area (Å²) in [6.45, 7) is 9.10. The van der Waals surface area contributed by atoms with E-state index in [1.807, 2.05) is 13.8 Å². The maximum absolute atomic E-state index is 13.3. The van der Waals surface area contributed by atoms with Crippen molar-refractivity contribution < 1.29 is 13.3 Å². The molecule has 1 aromatic rings. The summed E-state index contributed by atoms with van der Waals surface area (Å²) in [7, 11) is 0. The average molecular weight is 287 g/mol. The van der Waals surface area contributed by atoms with E-state index in [4.69, 9.17) is 0 Å². The third kappa shape index (κ3) is 4.58. The zero-order valence-corrected chi connectivity index (χ0v) is 12.6. The van der Waals surface area contributed by atoms with Crippen molar-refractivity contribution >= 4 is 17.1 Å². The van der Waals surface area contributed by atoms with Gasteiger partial charge < -0.3 is 4.55 Å². The molecule has 2 nitrogen and oxygen atoms in total. The smallest absolute Gasteiger partial charge is 0.144 e. The van der Waals surface area contributed by atoms with Crippen LogP contribution in [0.5, 0.6) is 0 Å². The Kier molecular flexibility index (Phi) is 5.10. The Labute approximate surface area is 116 Å². The van der Waals surface area contributed by atoms with Crippen LogP contribution < -0.4 is 0 Å². The Balaban J connectivity index is 3.25. The minimum absolute atomic E-state index is 0.0764. The molecule has 0 saturated carbocycles. The van der Waals surface area contributed by atoms with E-state index in [9.17, 15) is 13.3 Å². The highest BCUT2D eigenvalue weighted by Gasteiger charge is 2.28. The normalized spacial score (nSPS) is 14.9. The molecule has 0 spiro atoms. The van der Waals surface area contributed by atoms with Gasteiger partial charge in [0, 0.05) is 17.5 Å². The molecular weight excluding hydrogens is 268 g/mol. The van der Waals surface area contributed by atoms with Gasteiger partial charge in [-0.15, -0.1) is 0 Å². The van der Waals surface area contributed by atoms with Crippen LogP contribution in [0.4, 0.5) is 8.78 Å². The van der Waals surface area contributed by atoms with Crippen molar-refractivity contribution in [2.24, 2.45) is 10.3 Å². The first-order valence-electron chi connectivity index (χ1n) is 6.08. The summed E-state index contributed by atoms with van der Waals surface area (Å²) in [6.07, 6.45) is 0. The van der Waals surface area contributed by atoms with Crippen LogP contribution in [0.15, 0.2) is 22.6 Å².